The van der Waals surface area contributed by atoms with Crippen molar-refractivity contribution in [3.05, 3.63) is 78.6 Å². The van der Waals surface area contributed by atoms with Gasteiger partial charge in [0, 0.05) is 27.0 Å². The molecule has 0 saturated heterocycles. The van der Waals surface area contributed by atoms with Gasteiger partial charge < -0.3 is 10.1 Å². The number of benzene rings is 2. The number of nitro benzene ring substituents is 1. The van der Waals surface area contributed by atoms with Crippen LogP contribution >= 0.6 is 38.9 Å². The summed E-state index contributed by atoms with van der Waals surface area (Å²) in [7, 11) is 0. The van der Waals surface area contributed by atoms with Crippen LogP contribution in [0.4, 0.5) is 10.7 Å². The van der Waals surface area contributed by atoms with Crippen LogP contribution in [-0.2, 0) is 4.74 Å². The van der Waals surface area contributed by atoms with E-state index in [1.54, 1.807) is 12.3 Å². The number of nitrogens with zero attached hydrogens (tertiary/aromatic N) is 1. The molecule has 3 aromatic rings. The van der Waals surface area contributed by atoms with Gasteiger partial charge in [0.25, 0.3) is 11.6 Å². The fourth-order valence-electron chi connectivity index (χ4n) is 2.67. The molecule has 1 aromatic heterocycles. The zero-order valence-corrected chi connectivity index (χ0v) is 18.6. The number of hydrogen-bond acceptors (Lipinski definition) is 6. The molecule has 1 heterocycles. The van der Waals surface area contributed by atoms with Gasteiger partial charge in [0.15, 0.2) is 0 Å². The van der Waals surface area contributed by atoms with Crippen LogP contribution in [0.25, 0.3) is 11.1 Å². The summed E-state index contributed by atoms with van der Waals surface area (Å²) in [5.74, 6) is -1.12. The summed E-state index contributed by atoms with van der Waals surface area (Å²) < 4.78 is 6.06. The van der Waals surface area contributed by atoms with E-state index in [1.807, 2.05) is 24.3 Å². The predicted molar refractivity (Wildman–Crippen MR) is 119 cm³/mol. The molecule has 0 saturated carbocycles. The van der Waals surface area contributed by atoms with Crippen molar-refractivity contribution < 1.29 is 19.2 Å². The molecule has 3 rings (SSSR count). The largest absolute Gasteiger partial charge is 0.462 e. The van der Waals surface area contributed by atoms with E-state index in [4.69, 9.17) is 16.3 Å². The number of nitrogens with one attached hydrogen (secondary N) is 1. The first-order valence-corrected chi connectivity index (χ1v) is 10.7. The third-order valence-electron chi connectivity index (χ3n) is 4.06. The van der Waals surface area contributed by atoms with E-state index in [9.17, 15) is 19.7 Å². The quantitative estimate of drug-likeness (QED) is 0.243. The summed E-state index contributed by atoms with van der Waals surface area (Å²) in [5.41, 5.74) is 1.48. The molecular weight excluding hydrogens is 496 g/mol. The number of carbonyl (C=O) groups excluding carboxylic acids is 2. The number of hydrogen-bond donors (Lipinski definition) is 1. The summed E-state index contributed by atoms with van der Waals surface area (Å²) in [6.07, 6.45) is 0. The Kier molecular flexibility index (Phi) is 6.86. The second-order valence-corrected chi connectivity index (χ2v) is 8.16. The molecular formula is C20H14BrClN2O5S. The lowest BCUT2D eigenvalue weighted by Gasteiger charge is -2.09. The maximum absolute atomic E-state index is 12.7. The second-order valence-electron chi connectivity index (χ2n) is 5.96. The lowest BCUT2D eigenvalue weighted by Crippen LogP contribution is -2.15. The Balaban J connectivity index is 1.96. The Bertz CT molecular complexity index is 1130. The van der Waals surface area contributed by atoms with Gasteiger partial charge >= 0.3 is 5.97 Å². The van der Waals surface area contributed by atoms with Crippen molar-refractivity contribution in [2.75, 3.05) is 11.9 Å². The standard InChI is InChI=1S/C20H14BrClN2O5S/c1-2-29-20(26)17-14(11-3-6-13(21)7-4-11)10-30-19(17)23-18(25)12-5-8-16(24(27)28)15(22)9-12/h3-10H,2H2,1H3,(H,23,25). The third kappa shape index (κ3) is 4.69. The minimum atomic E-state index is -0.632. The van der Waals surface area contributed by atoms with Gasteiger partial charge in [-0.2, -0.15) is 0 Å². The van der Waals surface area contributed by atoms with E-state index >= 15 is 0 Å². The van der Waals surface area contributed by atoms with Gasteiger partial charge in [-0.25, -0.2) is 4.79 Å². The molecule has 0 bridgehead atoms. The van der Waals surface area contributed by atoms with Gasteiger partial charge in [-0.15, -0.1) is 11.3 Å². The van der Waals surface area contributed by atoms with E-state index in [2.05, 4.69) is 21.2 Å². The monoisotopic (exact) mass is 508 g/mol. The van der Waals surface area contributed by atoms with Crippen LogP contribution < -0.4 is 5.32 Å². The summed E-state index contributed by atoms with van der Waals surface area (Å²) in [6, 6.07) is 11.0. The molecule has 7 nitrogen and oxygen atoms in total. The molecule has 1 amide bonds. The highest BCUT2D eigenvalue weighted by molar-refractivity contribution is 9.10. The number of halogens is 2. The maximum atomic E-state index is 12.7. The summed E-state index contributed by atoms with van der Waals surface area (Å²) >= 11 is 10.4. The topological polar surface area (TPSA) is 98.5 Å². The predicted octanol–water partition coefficient (Wildman–Crippen LogP) is 6.17. The number of thiophene rings is 1. The number of amides is 1. The molecule has 10 heteroatoms. The van der Waals surface area contributed by atoms with Crippen LogP contribution in [0.3, 0.4) is 0 Å². The third-order valence-corrected chi connectivity index (χ3v) is 5.79. The first-order chi connectivity index (χ1) is 14.3. The lowest BCUT2D eigenvalue weighted by molar-refractivity contribution is -0.384. The molecule has 154 valence electrons. The van der Waals surface area contributed by atoms with Crippen LogP contribution in [0.1, 0.15) is 27.6 Å². The zero-order valence-electron chi connectivity index (χ0n) is 15.5. The molecule has 0 fully saturated rings. The van der Waals surface area contributed by atoms with Crippen LogP contribution in [0, 0.1) is 10.1 Å². The van der Waals surface area contributed by atoms with Gasteiger partial charge in [-0.1, -0.05) is 39.7 Å². The fraction of sp³-hybridized carbons (Fsp3) is 0.100. The van der Waals surface area contributed by atoms with Gasteiger partial charge in [0.05, 0.1) is 11.5 Å². The molecule has 0 unspecified atom stereocenters. The van der Waals surface area contributed by atoms with Crippen molar-refractivity contribution in [1.82, 2.24) is 0 Å². The van der Waals surface area contributed by atoms with E-state index in [-0.39, 0.29) is 28.4 Å². The van der Waals surface area contributed by atoms with E-state index < -0.39 is 16.8 Å². The number of anilines is 1. The molecule has 0 aliphatic carbocycles. The van der Waals surface area contributed by atoms with Crippen LogP contribution in [-0.4, -0.2) is 23.4 Å². The van der Waals surface area contributed by atoms with E-state index in [0.29, 0.717) is 10.6 Å². The highest BCUT2D eigenvalue weighted by Crippen LogP contribution is 2.37. The SMILES string of the molecule is CCOC(=O)c1c(-c2ccc(Br)cc2)csc1NC(=O)c1ccc([N+](=O)[O-])c(Cl)c1. The number of esters is 1. The lowest BCUT2D eigenvalue weighted by atomic mass is 10.0. The Morgan fingerprint density at radius 3 is 2.53 bits per heavy atom. The number of nitro groups is 1. The fourth-order valence-corrected chi connectivity index (χ4v) is 4.14. The normalized spacial score (nSPS) is 10.5. The molecule has 0 aliphatic rings. The van der Waals surface area contributed by atoms with Crippen LogP contribution in [0.15, 0.2) is 52.3 Å². The molecule has 0 atom stereocenters. The van der Waals surface area contributed by atoms with Crippen molar-refractivity contribution in [2.45, 2.75) is 6.92 Å². The second kappa shape index (κ2) is 9.38. The first-order valence-electron chi connectivity index (χ1n) is 8.61. The average molecular weight is 510 g/mol. The maximum Gasteiger partial charge on any atom is 0.341 e. The van der Waals surface area contributed by atoms with E-state index in [1.165, 1.54) is 23.5 Å². The van der Waals surface area contributed by atoms with Crippen molar-refractivity contribution in [1.29, 1.82) is 0 Å². The van der Waals surface area contributed by atoms with Crippen molar-refractivity contribution in [3.63, 3.8) is 0 Å². The van der Waals surface area contributed by atoms with Crippen molar-refractivity contribution in [2.24, 2.45) is 0 Å². The number of carbonyl (C=O) groups is 2. The molecule has 0 spiro atoms. The average Bonchev–Trinajstić information content (AvgIpc) is 3.11. The van der Waals surface area contributed by atoms with Gasteiger partial charge in [-0.3, -0.25) is 14.9 Å². The van der Waals surface area contributed by atoms with Crippen LogP contribution in [0.2, 0.25) is 5.02 Å². The van der Waals surface area contributed by atoms with Gasteiger partial charge in [0.2, 0.25) is 0 Å². The first kappa shape index (κ1) is 21.9. The summed E-state index contributed by atoms with van der Waals surface area (Å²) in [6.45, 7) is 1.88. The number of rotatable bonds is 6. The Hall–Kier alpha value is -2.75. The van der Waals surface area contributed by atoms with E-state index in [0.717, 1.165) is 16.1 Å². The Morgan fingerprint density at radius 2 is 1.93 bits per heavy atom. The minimum absolute atomic E-state index is 0.124. The Labute approximate surface area is 188 Å². The van der Waals surface area contributed by atoms with Gasteiger partial charge in [0.1, 0.15) is 15.6 Å². The van der Waals surface area contributed by atoms with Crippen molar-refractivity contribution in [3.8, 4) is 11.1 Å². The highest BCUT2D eigenvalue weighted by Gasteiger charge is 2.24. The Morgan fingerprint density at radius 1 is 1.23 bits per heavy atom. The molecule has 1 N–H and O–H groups in total. The molecule has 0 aliphatic heterocycles. The molecule has 30 heavy (non-hydrogen) atoms. The van der Waals surface area contributed by atoms with Gasteiger partial charge in [-0.05, 0) is 36.8 Å². The zero-order chi connectivity index (χ0) is 21.8. The highest BCUT2D eigenvalue weighted by atomic mass is 79.9. The van der Waals surface area contributed by atoms with Crippen molar-refractivity contribution >= 4 is 61.4 Å². The molecule has 0 radical (unpaired) electrons. The summed E-state index contributed by atoms with van der Waals surface area (Å²) in [4.78, 5) is 35.6. The smallest absolute Gasteiger partial charge is 0.341 e. The number of ether oxygens (including phenoxy) is 1. The van der Waals surface area contributed by atoms with Crippen LogP contribution in [0.5, 0.6) is 0 Å². The molecule has 2 aromatic carbocycles. The minimum Gasteiger partial charge on any atom is -0.462 e. The summed E-state index contributed by atoms with van der Waals surface area (Å²) in [5, 5.41) is 15.5.